The normalized spacial score (nSPS) is 14.4. The van der Waals surface area contributed by atoms with Crippen LogP contribution in [0, 0.1) is 0 Å². The maximum atomic E-state index is 14.3. The minimum absolute atomic E-state index is 0.176. The van der Waals surface area contributed by atoms with Crippen molar-refractivity contribution in [2.45, 2.75) is 24.5 Å². The van der Waals surface area contributed by atoms with E-state index in [4.69, 9.17) is 42.4 Å². The number of carbonyl (C=O) groups is 1. The summed E-state index contributed by atoms with van der Waals surface area (Å²) >= 11 is 15.6. The topological polar surface area (TPSA) is 79.1 Å². The van der Waals surface area contributed by atoms with Crippen LogP contribution < -0.4 is 24.4 Å². The number of esters is 1. The Morgan fingerprint density at radius 1 is 1.02 bits per heavy atom. The molecule has 1 atom stereocenters. The Morgan fingerprint density at radius 2 is 1.75 bits per heavy atom. The number of rotatable bonds is 10. The molecule has 7 nitrogen and oxygen atoms in total. The van der Waals surface area contributed by atoms with Crippen LogP contribution in [-0.2, 0) is 16.1 Å². The van der Waals surface area contributed by atoms with Crippen LogP contribution in [0.15, 0.2) is 111 Å². The summed E-state index contributed by atoms with van der Waals surface area (Å²) in [5.41, 5.74) is 3.52. The van der Waals surface area contributed by atoms with Gasteiger partial charge in [-0.05, 0) is 72.3 Å². The highest BCUT2D eigenvalue weighted by Crippen LogP contribution is 2.38. The lowest BCUT2D eigenvalue weighted by Gasteiger charge is -2.26. The predicted octanol–water partition coefficient (Wildman–Crippen LogP) is 7.55. The molecule has 0 saturated heterocycles. The van der Waals surface area contributed by atoms with Gasteiger partial charge < -0.3 is 14.2 Å². The number of aromatic nitrogens is 1. The lowest BCUT2D eigenvalue weighted by Crippen LogP contribution is -2.40. The Hall–Kier alpha value is -4.28. The van der Waals surface area contributed by atoms with Crippen molar-refractivity contribution in [1.82, 2.24) is 4.57 Å². The molecule has 0 spiro atoms. The van der Waals surface area contributed by atoms with Gasteiger partial charge in [0, 0.05) is 15.5 Å². The molecule has 0 fully saturated rings. The van der Waals surface area contributed by atoms with Crippen molar-refractivity contribution in [2.24, 2.45) is 4.99 Å². The van der Waals surface area contributed by atoms with Gasteiger partial charge in [-0.25, -0.2) is 9.79 Å². The first-order chi connectivity index (χ1) is 23.3. The Labute approximate surface area is 295 Å². The van der Waals surface area contributed by atoms with Crippen LogP contribution in [0.4, 0.5) is 0 Å². The largest absolute Gasteiger partial charge is 0.493 e. The minimum atomic E-state index is -0.768. The summed E-state index contributed by atoms with van der Waals surface area (Å²) in [6.07, 6.45) is 3.74. The first-order valence-electron chi connectivity index (χ1n) is 15.0. The molecule has 6 rings (SSSR count). The molecule has 0 amide bonds. The maximum Gasteiger partial charge on any atom is 0.338 e. The number of hydrogen-bond acceptors (Lipinski definition) is 8. The van der Waals surface area contributed by atoms with Gasteiger partial charge >= 0.3 is 5.97 Å². The Kier molecular flexibility index (Phi) is 10.4. The van der Waals surface area contributed by atoms with Gasteiger partial charge in [-0.3, -0.25) is 9.36 Å². The second-order valence-electron chi connectivity index (χ2n) is 10.7. The third-order valence-electron chi connectivity index (χ3n) is 7.65. The molecule has 1 aromatic heterocycles. The summed E-state index contributed by atoms with van der Waals surface area (Å²) in [6.45, 7) is 2.19. The number of thiazole rings is 1. The van der Waals surface area contributed by atoms with Crippen molar-refractivity contribution in [2.75, 3.05) is 20.0 Å². The molecule has 2 heterocycles. The standard InChI is InChI=1S/C37H30Cl2N2O5S2/c1-4-45-36(43)31-32(24-8-6-5-7-9-24)40-37-41(33(31)25-12-16-27(47-3)17-13-25)35(42)30(48-37)20-23-18-28(39)34(29(19-23)44-2)46-21-22-10-14-26(38)15-11-22/h5-20,33H,4,21H2,1-3H3/b30-20-/t33-/m1/s1. The van der Waals surface area contributed by atoms with Crippen molar-refractivity contribution in [3.05, 3.63) is 149 Å². The van der Waals surface area contributed by atoms with Crippen molar-refractivity contribution in [1.29, 1.82) is 0 Å². The number of carbonyl (C=O) groups excluding carboxylic acids is 1. The number of fused-ring (bicyclic) bond motifs is 1. The van der Waals surface area contributed by atoms with Crippen molar-refractivity contribution in [3.8, 4) is 11.5 Å². The van der Waals surface area contributed by atoms with Crippen molar-refractivity contribution >= 4 is 64.0 Å². The number of thioether (sulfide) groups is 1. The SMILES string of the molecule is CCOC(=O)C1=C(c2ccccc2)N=c2s/c(=C\c3cc(Cl)c(OCc4ccc(Cl)cc4)c(OC)c3)c(=O)n2[C@@H]1c1ccc(SC)cc1. The number of ether oxygens (including phenoxy) is 3. The second kappa shape index (κ2) is 14.9. The van der Waals surface area contributed by atoms with Crippen LogP contribution in [0.5, 0.6) is 11.5 Å². The highest BCUT2D eigenvalue weighted by molar-refractivity contribution is 7.98. The van der Waals surface area contributed by atoms with E-state index in [1.54, 1.807) is 53.6 Å². The van der Waals surface area contributed by atoms with Gasteiger partial charge in [-0.15, -0.1) is 11.8 Å². The fourth-order valence-electron chi connectivity index (χ4n) is 5.39. The zero-order valence-corrected chi connectivity index (χ0v) is 29.4. The van der Waals surface area contributed by atoms with E-state index in [1.807, 2.05) is 73.0 Å². The fourth-order valence-corrected chi connectivity index (χ4v) is 7.20. The van der Waals surface area contributed by atoms with Crippen LogP contribution >= 0.6 is 46.3 Å². The molecule has 0 saturated carbocycles. The van der Waals surface area contributed by atoms with E-state index in [0.717, 1.165) is 21.6 Å². The summed E-state index contributed by atoms with van der Waals surface area (Å²) in [5, 5.41) is 0.960. The van der Waals surface area contributed by atoms with Gasteiger partial charge in [0.05, 0.1) is 40.6 Å². The third kappa shape index (κ3) is 6.96. The van der Waals surface area contributed by atoms with Gasteiger partial charge in [0.15, 0.2) is 16.3 Å². The summed E-state index contributed by atoms with van der Waals surface area (Å²) in [4.78, 5) is 34.4. The molecule has 11 heteroatoms. The van der Waals surface area contributed by atoms with Crippen LogP contribution in [0.1, 0.15) is 35.2 Å². The predicted molar refractivity (Wildman–Crippen MR) is 193 cm³/mol. The van der Waals surface area contributed by atoms with Crippen LogP contribution in [0.3, 0.4) is 0 Å². The minimum Gasteiger partial charge on any atom is -0.493 e. The summed E-state index contributed by atoms with van der Waals surface area (Å²) in [5.74, 6) is 0.269. The quantitative estimate of drug-likeness (QED) is 0.110. The van der Waals surface area contributed by atoms with E-state index in [1.165, 1.54) is 18.4 Å². The molecule has 0 N–H and O–H groups in total. The van der Waals surface area contributed by atoms with Gasteiger partial charge in [0.25, 0.3) is 5.56 Å². The van der Waals surface area contributed by atoms with Crippen LogP contribution in [0.25, 0.3) is 11.8 Å². The van der Waals surface area contributed by atoms with Gasteiger partial charge in [0.1, 0.15) is 6.61 Å². The Balaban J connectivity index is 1.49. The number of halogens is 2. The summed E-state index contributed by atoms with van der Waals surface area (Å²) < 4.78 is 19.2. The molecule has 48 heavy (non-hydrogen) atoms. The van der Waals surface area contributed by atoms with E-state index in [9.17, 15) is 9.59 Å². The molecule has 0 aliphatic carbocycles. The average Bonchev–Trinajstić information content (AvgIpc) is 3.41. The second-order valence-corrected chi connectivity index (χ2v) is 13.4. The molecular weight excluding hydrogens is 687 g/mol. The van der Waals surface area contributed by atoms with Crippen LogP contribution in [0.2, 0.25) is 10.0 Å². The summed E-state index contributed by atoms with van der Waals surface area (Å²) in [7, 11) is 1.53. The lowest BCUT2D eigenvalue weighted by atomic mass is 9.93. The monoisotopic (exact) mass is 716 g/mol. The Bertz CT molecular complexity index is 2180. The highest BCUT2D eigenvalue weighted by Gasteiger charge is 2.35. The molecule has 5 aromatic rings. The third-order valence-corrected chi connectivity index (χ3v) is 9.91. The molecule has 0 unspecified atom stereocenters. The van der Waals surface area contributed by atoms with E-state index >= 15 is 0 Å². The highest BCUT2D eigenvalue weighted by atomic mass is 35.5. The average molecular weight is 718 g/mol. The smallest absolute Gasteiger partial charge is 0.338 e. The molecule has 4 aromatic carbocycles. The fraction of sp³-hybridized carbons (Fsp3) is 0.162. The van der Waals surface area contributed by atoms with Crippen LogP contribution in [-0.4, -0.2) is 30.5 Å². The molecule has 244 valence electrons. The Morgan fingerprint density at radius 3 is 2.42 bits per heavy atom. The zero-order valence-electron chi connectivity index (χ0n) is 26.2. The van der Waals surface area contributed by atoms with Crippen molar-refractivity contribution < 1.29 is 19.0 Å². The van der Waals surface area contributed by atoms with Crippen molar-refractivity contribution in [3.63, 3.8) is 0 Å². The maximum absolute atomic E-state index is 14.3. The molecule has 1 aliphatic heterocycles. The molecule has 0 radical (unpaired) electrons. The summed E-state index contributed by atoms with van der Waals surface area (Å²) in [6, 6.07) is 27.3. The molecule has 0 bridgehead atoms. The lowest BCUT2D eigenvalue weighted by molar-refractivity contribution is -0.138. The number of methoxy groups -OCH3 is 1. The number of nitrogens with zero attached hydrogens (tertiary/aromatic N) is 2. The van der Waals surface area contributed by atoms with Gasteiger partial charge in [-0.2, -0.15) is 0 Å². The van der Waals surface area contributed by atoms with E-state index in [-0.39, 0.29) is 18.8 Å². The first kappa shape index (κ1) is 33.6. The molecule has 1 aliphatic rings. The number of benzene rings is 4. The van der Waals surface area contributed by atoms with E-state index < -0.39 is 12.0 Å². The van der Waals surface area contributed by atoms with E-state index in [0.29, 0.717) is 47.7 Å². The van der Waals surface area contributed by atoms with Gasteiger partial charge in [-0.1, -0.05) is 89.1 Å². The van der Waals surface area contributed by atoms with E-state index in [2.05, 4.69) is 0 Å². The molecular formula is C37H30Cl2N2O5S2. The number of hydrogen-bond donors (Lipinski definition) is 0. The first-order valence-corrected chi connectivity index (χ1v) is 17.8. The van der Waals surface area contributed by atoms with Gasteiger partial charge in [0.2, 0.25) is 0 Å². The zero-order chi connectivity index (χ0) is 33.8.